The van der Waals surface area contributed by atoms with Crippen LogP contribution in [0.15, 0.2) is 30.3 Å². The van der Waals surface area contributed by atoms with Crippen LogP contribution in [0.5, 0.6) is 0 Å². The third-order valence-electron chi connectivity index (χ3n) is 3.20. The minimum atomic E-state index is -3.79. The average Bonchev–Trinajstić information content (AvgIpc) is 2.56. The molecular weight excluding hydrogens is 394 g/mol. The quantitative estimate of drug-likeness (QED) is 0.316. The highest BCUT2D eigenvalue weighted by Gasteiger charge is 2.46. The zero-order valence-corrected chi connectivity index (χ0v) is 18.8. The lowest BCUT2D eigenvalue weighted by atomic mass is 10.2. The van der Waals surface area contributed by atoms with E-state index in [-0.39, 0.29) is 30.8 Å². The Morgan fingerprint density at radius 1 is 0.808 bits per heavy atom. The van der Waals surface area contributed by atoms with Gasteiger partial charge in [-0.3, -0.25) is 9.13 Å². The van der Waals surface area contributed by atoms with Crippen molar-refractivity contribution in [2.75, 3.05) is 32.7 Å². The van der Waals surface area contributed by atoms with Gasteiger partial charge in [0.2, 0.25) is 0 Å². The van der Waals surface area contributed by atoms with Crippen molar-refractivity contribution in [3.05, 3.63) is 35.9 Å². The first-order valence-electron chi connectivity index (χ1n) is 8.69. The molecule has 150 valence electrons. The maximum absolute atomic E-state index is 13.5. The highest BCUT2D eigenvalue weighted by Crippen LogP contribution is 2.69. The smallest absolute Gasteiger partial charge is 0.305 e. The van der Waals surface area contributed by atoms with E-state index in [0.717, 1.165) is 5.56 Å². The van der Waals surface area contributed by atoms with Gasteiger partial charge in [-0.1, -0.05) is 30.3 Å². The van der Waals surface area contributed by atoms with Crippen molar-refractivity contribution in [2.24, 2.45) is 0 Å². The van der Waals surface area contributed by atoms with Gasteiger partial charge in [-0.05, 0) is 39.5 Å². The van der Waals surface area contributed by atoms with Gasteiger partial charge in [-0.15, -0.1) is 0 Å². The summed E-state index contributed by atoms with van der Waals surface area (Å²) in [6.45, 7) is 7.56. The summed E-state index contributed by atoms with van der Waals surface area (Å²) in [4.78, 5) is 0. The number of benzene rings is 1. The number of hydrogen-bond acceptors (Lipinski definition) is 6. The number of hydrogen-bond donors (Lipinski definition) is 0. The average molecular weight is 424 g/mol. The van der Waals surface area contributed by atoms with Crippen LogP contribution in [0.4, 0.5) is 0 Å². The molecule has 0 aliphatic heterocycles. The third-order valence-corrected chi connectivity index (χ3v) is 12.6. The molecule has 1 rings (SSSR count). The molecule has 0 amide bonds. The third kappa shape index (κ3) is 6.42. The lowest BCUT2D eigenvalue weighted by molar-refractivity contribution is 0.225. The molecule has 0 aromatic heterocycles. The molecule has 0 fully saturated rings. The van der Waals surface area contributed by atoms with Crippen molar-refractivity contribution in [1.82, 2.24) is 0 Å². The number of rotatable bonds is 12. The predicted molar refractivity (Wildman–Crippen MR) is 110 cm³/mol. The van der Waals surface area contributed by atoms with Gasteiger partial charge in [0, 0.05) is 5.75 Å². The summed E-state index contributed by atoms with van der Waals surface area (Å²) in [5, 5.41) is 0. The summed E-state index contributed by atoms with van der Waals surface area (Å²) in [5.74, 6) is 0.546. The van der Waals surface area contributed by atoms with E-state index in [0.29, 0.717) is 5.75 Å². The largest absolute Gasteiger partial charge is 0.375 e. The van der Waals surface area contributed by atoms with E-state index in [1.807, 2.05) is 36.6 Å². The van der Waals surface area contributed by atoms with E-state index in [4.69, 9.17) is 18.1 Å². The highest BCUT2D eigenvalue weighted by atomic mass is 32.2. The fourth-order valence-corrected chi connectivity index (χ4v) is 11.1. The van der Waals surface area contributed by atoms with Gasteiger partial charge in [-0.2, -0.15) is 10.5 Å². The fourth-order valence-electron chi connectivity index (χ4n) is 2.40. The predicted octanol–water partition coefficient (Wildman–Crippen LogP) is 5.70. The Labute approximate surface area is 159 Å². The van der Waals surface area contributed by atoms with Gasteiger partial charge in [0.1, 0.15) is 0 Å². The van der Waals surface area contributed by atoms with Gasteiger partial charge in [0.15, 0.2) is 4.35 Å². The molecule has 0 aliphatic rings. The summed E-state index contributed by atoms with van der Waals surface area (Å²) >= 11 is 0. The van der Waals surface area contributed by atoms with Gasteiger partial charge >= 0.3 is 15.2 Å². The lowest BCUT2D eigenvalue weighted by Gasteiger charge is -2.27. The van der Waals surface area contributed by atoms with Crippen LogP contribution in [0.2, 0.25) is 0 Å². The standard InChI is InChI=1S/C17H30O6P2S/c1-6-20-24(18,21-7-2)17(25(19,22-8-3)23-9-4)26(5)15-16-13-11-10-12-14-16/h10-14H,6-9,15H2,1-5H3. The van der Waals surface area contributed by atoms with Crippen LogP contribution in [-0.2, 0) is 33.0 Å². The Morgan fingerprint density at radius 3 is 1.54 bits per heavy atom. The molecule has 26 heavy (non-hydrogen) atoms. The molecule has 0 N–H and O–H groups in total. The highest BCUT2D eigenvalue weighted by molar-refractivity contribution is 8.31. The van der Waals surface area contributed by atoms with E-state index in [2.05, 4.69) is 0 Å². The maximum atomic E-state index is 13.5. The van der Waals surface area contributed by atoms with Crippen LogP contribution < -0.4 is 0 Å². The minimum absolute atomic E-state index is 0.126. The van der Waals surface area contributed by atoms with Crippen LogP contribution in [-0.4, -0.2) is 37.0 Å². The van der Waals surface area contributed by atoms with Crippen LogP contribution >= 0.6 is 25.7 Å². The Bertz CT molecular complexity index is 625. The molecule has 0 heterocycles. The Kier molecular flexibility index (Phi) is 10.6. The summed E-state index contributed by atoms with van der Waals surface area (Å²) in [5.41, 5.74) is 1.04. The SMILES string of the molecule is CCOP(=O)(OCC)C(=S(C)Cc1ccccc1)P(=O)(OCC)OCC. The summed E-state index contributed by atoms with van der Waals surface area (Å²) in [7, 11) is -8.29. The second kappa shape index (κ2) is 11.6. The van der Waals surface area contributed by atoms with E-state index in [9.17, 15) is 9.13 Å². The molecule has 6 nitrogen and oxygen atoms in total. The van der Waals surface area contributed by atoms with Crippen LogP contribution in [0.25, 0.3) is 0 Å². The van der Waals surface area contributed by atoms with E-state index < -0.39 is 25.7 Å². The van der Waals surface area contributed by atoms with E-state index in [1.165, 1.54) is 0 Å². The summed E-state index contributed by atoms with van der Waals surface area (Å²) in [6.07, 6.45) is 1.87. The van der Waals surface area contributed by atoms with Crippen molar-refractivity contribution < 1.29 is 27.2 Å². The monoisotopic (exact) mass is 424 g/mol. The van der Waals surface area contributed by atoms with E-state index in [1.54, 1.807) is 27.7 Å². The lowest BCUT2D eigenvalue weighted by Crippen LogP contribution is -2.13. The van der Waals surface area contributed by atoms with Gasteiger partial charge in [0.05, 0.1) is 26.4 Å². The molecule has 0 bridgehead atoms. The Morgan fingerprint density at radius 2 is 1.19 bits per heavy atom. The van der Waals surface area contributed by atoms with Gasteiger partial charge in [-0.25, -0.2) is 0 Å². The molecule has 1 aromatic rings. The molecule has 0 saturated carbocycles. The molecule has 0 spiro atoms. The van der Waals surface area contributed by atoms with Crippen molar-refractivity contribution in [2.45, 2.75) is 33.4 Å². The van der Waals surface area contributed by atoms with Gasteiger partial charge in [0.25, 0.3) is 0 Å². The first kappa shape index (κ1) is 23.8. The van der Waals surface area contributed by atoms with Crippen molar-refractivity contribution in [1.29, 1.82) is 0 Å². The second-order valence-electron chi connectivity index (χ2n) is 5.22. The Balaban J connectivity index is 3.55. The first-order chi connectivity index (χ1) is 12.4. The fraction of sp³-hybridized carbons (Fsp3) is 0.588. The zero-order chi connectivity index (χ0) is 19.6. The molecule has 9 heteroatoms. The molecule has 0 saturated heterocycles. The van der Waals surface area contributed by atoms with Crippen LogP contribution in [0, 0.1) is 0 Å². The molecule has 0 aliphatic carbocycles. The maximum Gasteiger partial charge on any atom is 0.375 e. The molecular formula is C17H30O6P2S. The molecule has 1 atom stereocenters. The summed E-state index contributed by atoms with van der Waals surface area (Å²) in [6, 6.07) is 9.74. The molecule has 0 radical (unpaired) electrons. The first-order valence-corrected chi connectivity index (χ1v) is 13.6. The van der Waals surface area contributed by atoms with E-state index >= 15 is 0 Å². The van der Waals surface area contributed by atoms with Crippen LogP contribution in [0.1, 0.15) is 33.3 Å². The van der Waals surface area contributed by atoms with Crippen molar-refractivity contribution in [3.8, 4) is 0 Å². The minimum Gasteiger partial charge on any atom is -0.305 e. The second-order valence-corrected chi connectivity index (χ2v) is 12.1. The topological polar surface area (TPSA) is 71.1 Å². The van der Waals surface area contributed by atoms with Crippen molar-refractivity contribution >= 4 is 30.0 Å². The van der Waals surface area contributed by atoms with Gasteiger partial charge < -0.3 is 18.1 Å². The van der Waals surface area contributed by atoms with Crippen molar-refractivity contribution in [3.63, 3.8) is 0 Å². The normalized spacial score (nSPS) is 13.6. The zero-order valence-electron chi connectivity index (χ0n) is 16.2. The Hall–Kier alpha value is -0.260. The summed E-state index contributed by atoms with van der Waals surface area (Å²) < 4.78 is 49.2. The molecule has 1 unspecified atom stereocenters. The molecule has 1 aromatic carbocycles. The van der Waals surface area contributed by atoms with Crippen LogP contribution in [0.3, 0.4) is 0 Å².